The van der Waals surface area contributed by atoms with E-state index in [-0.39, 0.29) is 11.6 Å². The summed E-state index contributed by atoms with van der Waals surface area (Å²) in [5, 5.41) is 8.85. The number of carbonyl (C=O) groups is 3. The number of allylic oxidation sites excluding steroid dienone is 11. The molecule has 0 aromatic heterocycles. The number of ketones is 2. The van der Waals surface area contributed by atoms with Crippen LogP contribution in [0.4, 0.5) is 0 Å². The molecular weight excluding hydrogens is 388 g/mol. The zero-order valence-corrected chi connectivity index (χ0v) is 19.6. The highest BCUT2D eigenvalue weighted by molar-refractivity contribution is 6.20. The summed E-state index contributed by atoms with van der Waals surface area (Å²) in [6, 6.07) is 0. The maximum absolute atomic E-state index is 12.1. The van der Waals surface area contributed by atoms with Gasteiger partial charge < -0.3 is 5.11 Å². The van der Waals surface area contributed by atoms with Crippen LogP contribution in [-0.2, 0) is 14.4 Å². The Labute approximate surface area is 186 Å². The summed E-state index contributed by atoms with van der Waals surface area (Å²) in [4.78, 5) is 34.5. The Kier molecular flexibility index (Phi) is 11.5. The van der Waals surface area contributed by atoms with Crippen molar-refractivity contribution in [3.63, 3.8) is 0 Å². The van der Waals surface area contributed by atoms with E-state index in [1.165, 1.54) is 28.9 Å². The highest BCUT2D eigenvalue weighted by Gasteiger charge is 2.17. The van der Waals surface area contributed by atoms with Gasteiger partial charge in [0.05, 0.1) is 0 Å². The Morgan fingerprint density at radius 2 is 1.29 bits per heavy atom. The molecule has 0 atom stereocenters. The molecule has 1 rings (SSSR count). The zero-order chi connectivity index (χ0) is 23.4. The molecule has 1 aliphatic carbocycles. The van der Waals surface area contributed by atoms with E-state index in [9.17, 15) is 14.4 Å². The van der Waals surface area contributed by atoms with E-state index in [0.29, 0.717) is 23.1 Å². The fourth-order valence-electron chi connectivity index (χ4n) is 3.25. The minimum Gasteiger partial charge on any atom is -0.478 e. The van der Waals surface area contributed by atoms with Gasteiger partial charge in [0.2, 0.25) is 0 Å². The fourth-order valence-corrected chi connectivity index (χ4v) is 3.25. The lowest BCUT2D eigenvalue weighted by Gasteiger charge is -2.09. The number of aliphatic carboxylic acids is 1. The lowest BCUT2D eigenvalue weighted by Crippen LogP contribution is -2.12. The maximum atomic E-state index is 12.1. The SMILES string of the molecule is CC(=CCCC(C)=CCC1=CC(=O)C=C(C)C1=O)CCC=C(C)CCC=C(C)C(=O)O. The zero-order valence-electron chi connectivity index (χ0n) is 19.6. The molecule has 0 bridgehead atoms. The Morgan fingerprint density at radius 1 is 0.806 bits per heavy atom. The van der Waals surface area contributed by atoms with E-state index in [2.05, 4.69) is 32.9 Å². The summed E-state index contributed by atoms with van der Waals surface area (Å²) < 4.78 is 0. The Balaban J connectivity index is 2.36. The molecule has 168 valence electrons. The lowest BCUT2D eigenvalue weighted by molar-refractivity contribution is -0.132. The molecule has 31 heavy (non-hydrogen) atoms. The van der Waals surface area contributed by atoms with Gasteiger partial charge in [-0.15, -0.1) is 0 Å². The Morgan fingerprint density at radius 3 is 1.81 bits per heavy atom. The van der Waals surface area contributed by atoms with E-state index in [1.807, 2.05) is 6.08 Å². The second-order valence-electron chi connectivity index (χ2n) is 8.39. The molecule has 0 aliphatic heterocycles. The summed E-state index contributed by atoms with van der Waals surface area (Å²) >= 11 is 0. The van der Waals surface area contributed by atoms with Crippen LogP contribution >= 0.6 is 0 Å². The van der Waals surface area contributed by atoms with Crippen molar-refractivity contribution in [2.45, 2.75) is 79.6 Å². The molecule has 0 radical (unpaired) electrons. The monoisotopic (exact) mass is 424 g/mol. The molecule has 0 aromatic rings. The molecule has 0 fully saturated rings. The first-order valence-corrected chi connectivity index (χ1v) is 10.9. The number of carboxylic acid groups (broad SMARTS) is 1. The largest absolute Gasteiger partial charge is 0.478 e. The second kappa shape index (κ2) is 13.5. The fraction of sp³-hybridized carbons (Fsp3) is 0.444. The van der Waals surface area contributed by atoms with Crippen LogP contribution in [0.3, 0.4) is 0 Å². The van der Waals surface area contributed by atoms with Crippen molar-refractivity contribution in [2.24, 2.45) is 0 Å². The molecule has 1 aliphatic rings. The summed E-state index contributed by atoms with van der Waals surface area (Å²) in [6.45, 7) is 9.61. The third-order valence-corrected chi connectivity index (χ3v) is 5.38. The van der Waals surface area contributed by atoms with Crippen molar-refractivity contribution < 1.29 is 19.5 Å². The molecule has 4 heteroatoms. The number of Topliss-reactive ketones (excluding diaryl/α,β-unsaturated/α-hetero) is 1. The van der Waals surface area contributed by atoms with Crippen LogP contribution in [0.1, 0.15) is 79.6 Å². The van der Waals surface area contributed by atoms with E-state index in [1.54, 1.807) is 19.9 Å². The highest BCUT2D eigenvalue weighted by atomic mass is 16.4. The van der Waals surface area contributed by atoms with Crippen molar-refractivity contribution in [1.29, 1.82) is 0 Å². The van der Waals surface area contributed by atoms with E-state index >= 15 is 0 Å². The van der Waals surface area contributed by atoms with Gasteiger partial charge in [-0.3, -0.25) is 9.59 Å². The number of carbonyl (C=O) groups excluding carboxylic acids is 2. The highest BCUT2D eigenvalue weighted by Crippen LogP contribution is 2.18. The summed E-state index contributed by atoms with van der Waals surface area (Å²) in [5.74, 6) is -0.988. The molecule has 0 unspecified atom stereocenters. The first-order valence-electron chi connectivity index (χ1n) is 10.9. The van der Waals surface area contributed by atoms with Gasteiger partial charge in [0, 0.05) is 16.7 Å². The second-order valence-corrected chi connectivity index (χ2v) is 8.39. The molecule has 0 aromatic carbocycles. The van der Waals surface area contributed by atoms with E-state index in [4.69, 9.17) is 5.11 Å². The molecule has 1 N–H and O–H groups in total. The predicted octanol–water partition coefficient (Wildman–Crippen LogP) is 6.61. The first-order chi connectivity index (χ1) is 14.6. The van der Waals surface area contributed by atoms with Crippen LogP contribution in [0.25, 0.3) is 0 Å². The topological polar surface area (TPSA) is 71.4 Å². The quantitative estimate of drug-likeness (QED) is 0.217. The molecule has 0 heterocycles. The van der Waals surface area contributed by atoms with Crippen LogP contribution in [0.2, 0.25) is 0 Å². The molecule has 0 spiro atoms. The van der Waals surface area contributed by atoms with Gasteiger partial charge in [-0.1, -0.05) is 41.0 Å². The lowest BCUT2D eigenvalue weighted by atomic mass is 9.94. The average Bonchev–Trinajstić information content (AvgIpc) is 2.69. The van der Waals surface area contributed by atoms with E-state index in [0.717, 1.165) is 38.5 Å². The molecule has 0 saturated carbocycles. The van der Waals surface area contributed by atoms with Gasteiger partial charge in [-0.25, -0.2) is 4.79 Å². The van der Waals surface area contributed by atoms with Crippen molar-refractivity contribution in [2.75, 3.05) is 0 Å². The van der Waals surface area contributed by atoms with Crippen LogP contribution in [0.15, 0.2) is 69.9 Å². The number of carboxylic acids is 1. The van der Waals surface area contributed by atoms with Gasteiger partial charge in [0.1, 0.15) is 0 Å². The normalized spacial score (nSPS) is 16.4. The molecule has 0 saturated heterocycles. The molecular formula is C27H36O4. The van der Waals surface area contributed by atoms with Crippen molar-refractivity contribution in [3.05, 3.63) is 69.9 Å². The van der Waals surface area contributed by atoms with Crippen molar-refractivity contribution in [1.82, 2.24) is 0 Å². The van der Waals surface area contributed by atoms with Gasteiger partial charge in [-0.05, 0) is 91.7 Å². The maximum Gasteiger partial charge on any atom is 0.330 e. The third kappa shape index (κ3) is 10.7. The Bertz CT molecular complexity index is 873. The van der Waals surface area contributed by atoms with Gasteiger partial charge in [0.25, 0.3) is 0 Å². The van der Waals surface area contributed by atoms with Crippen LogP contribution < -0.4 is 0 Å². The first kappa shape index (κ1) is 26.3. The summed E-state index contributed by atoms with van der Waals surface area (Å²) in [5.41, 5.74) is 5.36. The summed E-state index contributed by atoms with van der Waals surface area (Å²) in [6.07, 6.45) is 17.2. The minimum absolute atomic E-state index is 0.0317. The van der Waals surface area contributed by atoms with Crippen LogP contribution in [0.5, 0.6) is 0 Å². The Hall–Kier alpha value is -2.75. The minimum atomic E-state index is -0.852. The smallest absolute Gasteiger partial charge is 0.330 e. The molecule has 0 amide bonds. The standard InChI is InChI=1S/C27H36O4/c1-19(9-6-10-20(2)13-8-14-22(4)27(30)31)11-7-12-21(3)15-16-24-18-25(28)17-23(5)26(24)29/h10-11,14-15,17-18H,6-9,12-13,16H2,1-5H3,(H,30,31). The van der Waals surface area contributed by atoms with Crippen molar-refractivity contribution in [3.8, 4) is 0 Å². The number of rotatable bonds is 12. The third-order valence-electron chi connectivity index (χ3n) is 5.38. The predicted molar refractivity (Wildman–Crippen MR) is 127 cm³/mol. The van der Waals surface area contributed by atoms with Crippen LogP contribution in [-0.4, -0.2) is 22.6 Å². The van der Waals surface area contributed by atoms with Gasteiger partial charge in [0.15, 0.2) is 11.6 Å². The van der Waals surface area contributed by atoms with Crippen molar-refractivity contribution >= 4 is 17.5 Å². The molecule has 4 nitrogen and oxygen atoms in total. The summed E-state index contributed by atoms with van der Waals surface area (Å²) in [7, 11) is 0. The van der Waals surface area contributed by atoms with Gasteiger partial charge in [-0.2, -0.15) is 0 Å². The number of hydrogen-bond donors (Lipinski definition) is 1. The van der Waals surface area contributed by atoms with E-state index < -0.39 is 5.97 Å². The van der Waals surface area contributed by atoms with Crippen LogP contribution in [0, 0.1) is 0 Å². The number of hydrogen-bond acceptors (Lipinski definition) is 3. The van der Waals surface area contributed by atoms with Gasteiger partial charge >= 0.3 is 5.97 Å². The average molecular weight is 425 g/mol.